The highest BCUT2D eigenvalue weighted by atomic mass is 19.4. The van der Waals surface area contributed by atoms with Gasteiger partial charge in [0.1, 0.15) is 0 Å². The summed E-state index contributed by atoms with van der Waals surface area (Å²) in [6, 6.07) is 0. The van der Waals surface area contributed by atoms with Gasteiger partial charge in [-0.05, 0) is 0 Å². The van der Waals surface area contributed by atoms with Gasteiger partial charge >= 0.3 is 35.6 Å². The molecule has 3 nitrogen and oxygen atoms in total. The summed E-state index contributed by atoms with van der Waals surface area (Å²) in [5.74, 6) is -33.0. The summed E-state index contributed by atoms with van der Waals surface area (Å²) in [5.41, 5.74) is 0. The van der Waals surface area contributed by atoms with E-state index in [2.05, 4.69) is 4.74 Å². The number of hydrogen-bond acceptors (Lipinski definition) is 3. The molecule has 0 radical (unpaired) electrons. The van der Waals surface area contributed by atoms with E-state index in [9.17, 15) is 44.7 Å². The van der Waals surface area contributed by atoms with Gasteiger partial charge in [0.15, 0.2) is 0 Å². The summed E-state index contributed by atoms with van der Waals surface area (Å²) in [7, 11) is 0. The molecule has 17 heavy (non-hydrogen) atoms. The largest absolute Gasteiger partial charge is 0.411 e. The Morgan fingerprint density at radius 3 is 1.12 bits per heavy atom. The molecule has 1 aliphatic rings. The third kappa shape index (κ3) is 1.33. The Hall–Kier alpha value is -1.42. The quantitative estimate of drug-likeness (QED) is 0.382. The van der Waals surface area contributed by atoms with Crippen LogP contribution in [-0.4, -0.2) is 35.6 Å². The van der Waals surface area contributed by atoms with Crippen molar-refractivity contribution in [1.29, 1.82) is 0 Å². The number of hydrogen-bond donors (Lipinski definition) is 0. The number of alkyl halides is 8. The van der Waals surface area contributed by atoms with Crippen LogP contribution >= 0.6 is 0 Å². The lowest BCUT2D eigenvalue weighted by atomic mass is 10.0. The first-order valence-corrected chi connectivity index (χ1v) is 3.58. The van der Waals surface area contributed by atoms with E-state index in [0.717, 1.165) is 0 Å². The average molecular weight is 272 g/mol. The maximum absolute atomic E-state index is 12.5. The zero-order chi connectivity index (χ0) is 13.9. The van der Waals surface area contributed by atoms with Crippen LogP contribution in [0.5, 0.6) is 0 Å². The van der Waals surface area contributed by atoms with Crippen LogP contribution in [-0.2, 0) is 14.3 Å². The molecule has 98 valence electrons. The molecule has 1 fully saturated rings. The number of esters is 2. The third-order valence-electron chi connectivity index (χ3n) is 1.88. The number of carbonyl (C=O) groups is 2. The zero-order valence-electron chi connectivity index (χ0n) is 7.25. The summed E-state index contributed by atoms with van der Waals surface area (Å²) in [4.78, 5) is 20.4. The van der Waals surface area contributed by atoms with E-state index in [-0.39, 0.29) is 0 Å². The van der Waals surface area contributed by atoms with E-state index < -0.39 is 35.6 Å². The number of rotatable bonds is 0. The molecule has 11 heteroatoms. The van der Waals surface area contributed by atoms with Crippen molar-refractivity contribution < 1.29 is 49.4 Å². The Morgan fingerprint density at radius 2 is 0.882 bits per heavy atom. The minimum Gasteiger partial charge on any atom is -0.384 e. The summed E-state index contributed by atoms with van der Waals surface area (Å²) in [6.45, 7) is 0. The first-order chi connectivity index (χ1) is 7.30. The van der Waals surface area contributed by atoms with Crippen molar-refractivity contribution in [2.24, 2.45) is 0 Å². The van der Waals surface area contributed by atoms with E-state index in [1.54, 1.807) is 0 Å². The minimum atomic E-state index is -6.77. The standard InChI is InChI=1S/C6F8O3/c7-3(8)1(15)17-2(16)4(9,10)6(13,14)5(3,11)12. The van der Waals surface area contributed by atoms with Gasteiger partial charge in [-0.25, -0.2) is 9.59 Å². The van der Waals surface area contributed by atoms with Crippen molar-refractivity contribution in [2.45, 2.75) is 23.7 Å². The smallest absolute Gasteiger partial charge is 0.384 e. The molecular weight excluding hydrogens is 272 g/mol. The van der Waals surface area contributed by atoms with Crippen molar-refractivity contribution in [3.8, 4) is 0 Å². The number of cyclic esters (lactones) is 2. The summed E-state index contributed by atoms with van der Waals surface area (Å²) < 4.78 is 102. The second-order valence-corrected chi connectivity index (χ2v) is 2.97. The molecule has 0 aromatic carbocycles. The van der Waals surface area contributed by atoms with Crippen LogP contribution in [0.15, 0.2) is 0 Å². The maximum Gasteiger partial charge on any atom is 0.411 e. The second kappa shape index (κ2) is 3.07. The van der Waals surface area contributed by atoms with E-state index in [1.165, 1.54) is 0 Å². The van der Waals surface area contributed by atoms with Gasteiger partial charge in [-0.1, -0.05) is 0 Å². The van der Waals surface area contributed by atoms with Crippen LogP contribution in [0, 0.1) is 0 Å². The molecule has 0 aromatic heterocycles. The molecule has 1 aliphatic heterocycles. The van der Waals surface area contributed by atoms with Gasteiger partial charge in [0.2, 0.25) is 0 Å². The highest BCUT2D eigenvalue weighted by molar-refractivity contribution is 5.95. The number of halogens is 8. The molecule has 1 saturated heterocycles. The number of carbonyl (C=O) groups excluding carboxylic acids is 2. The van der Waals surface area contributed by atoms with Crippen molar-refractivity contribution in [3.63, 3.8) is 0 Å². The number of ether oxygens (including phenoxy) is 1. The van der Waals surface area contributed by atoms with Crippen LogP contribution in [0.3, 0.4) is 0 Å². The summed E-state index contributed by atoms with van der Waals surface area (Å²) in [6.07, 6.45) is 0. The van der Waals surface area contributed by atoms with Crippen LogP contribution < -0.4 is 0 Å². The second-order valence-electron chi connectivity index (χ2n) is 2.97. The van der Waals surface area contributed by atoms with Gasteiger partial charge in [0.25, 0.3) is 0 Å². The minimum absolute atomic E-state index is 2.58. The van der Waals surface area contributed by atoms with E-state index >= 15 is 0 Å². The topological polar surface area (TPSA) is 43.4 Å². The molecule has 1 heterocycles. The third-order valence-corrected chi connectivity index (χ3v) is 1.88. The average Bonchev–Trinajstić information content (AvgIpc) is 2.16. The Labute approximate surface area is 86.3 Å². The van der Waals surface area contributed by atoms with E-state index in [0.29, 0.717) is 0 Å². The van der Waals surface area contributed by atoms with Crippen LogP contribution in [0.25, 0.3) is 0 Å². The van der Waals surface area contributed by atoms with E-state index in [1.807, 2.05) is 0 Å². The normalized spacial score (nSPS) is 29.4. The summed E-state index contributed by atoms with van der Waals surface area (Å²) >= 11 is 0. The molecule has 0 spiro atoms. The maximum atomic E-state index is 12.5. The monoisotopic (exact) mass is 272 g/mol. The van der Waals surface area contributed by atoms with Crippen molar-refractivity contribution in [2.75, 3.05) is 0 Å². The Morgan fingerprint density at radius 1 is 0.647 bits per heavy atom. The lowest BCUT2D eigenvalue weighted by Crippen LogP contribution is -2.63. The molecule has 0 atom stereocenters. The molecule has 0 amide bonds. The molecule has 0 aromatic rings. The predicted molar refractivity (Wildman–Crippen MR) is 30.9 cm³/mol. The highest BCUT2D eigenvalue weighted by Crippen LogP contribution is 2.55. The fourth-order valence-electron chi connectivity index (χ4n) is 0.863. The van der Waals surface area contributed by atoms with Gasteiger partial charge < -0.3 is 4.74 Å². The molecule has 0 saturated carbocycles. The molecule has 0 unspecified atom stereocenters. The molecule has 1 rings (SSSR count). The predicted octanol–water partition coefficient (Wildman–Crippen LogP) is 1.61. The Balaban J connectivity index is 3.56. The van der Waals surface area contributed by atoms with Crippen LogP contribution in [0.2, 0.25) is 0 Å². The van der Waals surface area contributed by atoms with Gasteiger partial charge in [-0.15, -0.1) is 0 Å². The SMILES string of the molecule is O=C1OC(=O)C(F)(F)C(F)(F)C(F)(F)C1(F)F. The fraction of sp³-hybridized carbons (Fsp3) is 0.667. The lowest BCUT2D eigenvalue weighted by molar-refractivity contribution is -0.342. The summed E-state index contributed by atoms with van der Waals surface area (Å²) in [5, 5.41) is 0. The van der Waals surface area contributed by atoms with Crippen molar-refractivity contribution >= 4 is 11.9 Å². The first kappa shape index (κ1) is 13.6. The fourth-order valence-corrected chi connectivity index (χ4v) is 0.863. The highest BCUT2D eigenvalue weighted by Gasteiger charge is 2.88. The molecule has 0 bridgehead atoms. The van der Waals surface area contributed by atoms with Gasteiger partial charge in [0.05, 0.1) is 0 Å². The Kier molecular flexibility index (Phi) is 2.47. The first-order valence-electron chi connectivity index (χ1n) is 3.58. The zero-order valence-corrected chi connectivity index (χ0v) is 7.25. The van der Waals surface area contributed by atoms with Crippen LogP contribution in [0.1, 0.15) is 0 Å². The van der Waals surface area contributed by atoms with E-state index in [4.69, 9.17) is 0 Å². The molecule has 0 aliphatic carbocycles. The molecule has 0 N–H and O–H groups in total. The Bertz CT molecular complexity index is 351. The lowest BCUT2D eigenvalue weighted by Gasteiger charge is -2.30. The van der Waals surface area contributed by atoms with Crippen molar-refractivity contribution in [1.82, 2.24) is 0 Å². The van der Waals surface area contributed by atoms with Crippen molar-refractivity contribution in [3.05, 3.63) is 0 Å². The van der Waals surface area contributed by atoms with Gasteiger partial charge in [-0.3, -0.25) is 0 Å². The van der Waals surface area contributed by atoms with Crippen LogP contribution in [0.4, 0.5) is 35.1 Å². The van der Waals surface area contributed by atoms with Gasteiger partial charge in [0, 0.05) is 0 Å². The molecular formula is C6F8O3. The van der Waals surface area contributed by atoms with Gasteiger partial charge in [-0.2, -0.15) is 35.1 Å².